The molecule has 2 aromatic rings. The lowest BCUT2D eigenvalue weighted by molar-refractivity contribution is 0.634. The Kier molecular flexibility index (Phi) is 2.40. The Morgan fingerprint density at radius 2 is 2.00 bits per heavy atom. The molecule has 0 aliphatic carbocycles. The predicted molar refractivity (Wildman–Crippen MR) is 58.7 cm³/mol. The number of nitrogen functional groups attached to an aromatic ring is 1. The molecular formula is C9H6Cl2FN3. The molecule has 0 atom stereocenters. The number of aromatic nitrogens is 2. The normalized spacial score (nSPS) is 10.9. The van der Waals surface area contributed by atoms with Crippen LogP contribution in [0, 0.1) is 12.7 Å². The van der Waals surface area contributed by atoms with Crippen LogP contribution in [0.1, 0.15) is 5.69 Å². The Labute approximate surface area is 95.0 Å². The average molecular weight is 246 g/mol. The zero-order valence-electron chi connectivity index (χ0n) is 7.68. The summed E-state index contributed by atoms with van der Waals surface area (Å²) in [7, 11) is 0. The van der Waals surface area contributed by atoms with E-state index in [-0.39, 0.29) is 15.9 Å². The lowest BCUT2D eigenvalue weighted by Gasteiger charge is -2.07. The van der Waals surface area contributed by atoms with E-state index in [1.165, 1.54) is 6.07 Å². The monoisotopic (exact) mass is 245 g/mol. The van der Waals surface area contributed by atoms with Crippen molar-refractivity contribution in [3.63, 3.8) is 0 Å². The van der Waals surface area contributed by atoms with Gasteiger partial charge in [-0.15, -0.1) is 5.10 Å². The second-order valence-electron chi connectivity index (χ2n) is 3.08. The lowest BCUT2D eigenvalue weighted by Crippen LogP contribution is -1.98. The van der Waals surface area contributed by atoms with Crippen LogP contribution >= 0.6 is 23.2 Å². The predicted octanol–water partition coefficient (Wildman–Crippen LogP) is 2.97. The van der Waals surface area contributed by atoms with Gasteiger partial charge in [0.05, 0.1) is 16.4 Å². The van der Waals surface area contributed by atoms with Gasteiger partial charge in [-0.1, -0.05) is 23.2 Å². The average Bonchev–Trinajstić information content (AvgIpc) is 2.20. The van der Waals surface area contributed by atoms with E-state index in [1.54, 1.807) is 6.92 Å². The van der Waals surface area contributed by atoms with Crippen LogP contribution in [0.3, 0.4) is 0 Å². The van der Waals surface area contributed by atoms with Gasteiger partial charge >= 0.3 is 0 Å². The molecule has 78 valence electrons. The Balaban J connectivity index is 3.04. The van der Waals surface area contributed by atoms with Crippen molar-refractivity contribution in [1.29, 1.82) is 0 Å². The zero-order valence-corrected chi connectivity index (χ0v) is 9.19. The fraction of sp³-hybridized carbons (Fsp3) is 0.111. The summed E-state index contributed by atoms with van der Waals surface area (Å²) in [5, 5.41) is 8.45. The third-order valence-electron chi connectivity index (χ3n) is 2.14. The summed E-state index contributed by atoms with van der Waals surface area (Å²) in [6.07, 6.45) is 0. The van der Waals surface area contributed by atoms with Gasteiger partial charge in [0, 0.05) is 10.8 Å². The highest BCUT2D eigenvalue weighted by atomic mass is 35.5. The molecule has 0 amide bonds. The molecule has 0 radical (unpaired) electrons. The first-order valence-corrected chi connectivity index (χ1v) is 4.84. The number of rotatable bonds is 0. The van der Waals surface area contributed by atoms with Gasteiger partial charge in [-0.05, 0) is 13.0 Å². The molecule has 0 saturated carbocycles. The molecule has 3 nitrogen and oxygen atoms in total. The molecule has 0 aliphatic rings. The van der Waals surface area contributed by atoms with E-state index in [4.69, 9.17) is 28.9 Å². The van der Waals surface area contributed by atoms with Crippen molar-refractivity contribution in [1.82, 2.24) is 10.2 Å². The summed E-state index contributed by atoms with van der Waals surface area (Å²) in [6.45, 7) is 1.72. The van der Waals surface area contributed by atoms with Gasteiger partial charge < -0.3 is 5.73 Å². The van der Waals surface area contributed by atoms with E-state index in [1.807, 2.05) is 0 Å². The molecule has 15 heavy (non-hydrogen) atoms. The SMILES string of the molecule is Cc1nnc(Cl)c2c(N)c(F)c(Cl)cc12. The van der Waals surface area contributed by atoms with Crippen molar-refractivity contribution in [3.05, 3.63) is 27.8 Å². The molecule has 0 fully saturated rings. The first-order chi connectivity index (χ1) is 7.02. The maximum absolute atomic E-state index is 13.4. The summed E-state index contributed by atoms with van der Waals surface area (Å²) in [6, 6.07) is 1.44. The highest BCUT2D eigenvalue weighted by molar-refractivity contribution is 6.36. The Bertz CT molecular complexity index is 557. The minimum atomic E-state index is -0.682. The van der Waals surface area contributed by atoms with Crippen LogP contribution in [0.15, 0.2) is 6.07 Å². The van der Waals surface area contributed by atoms with Crippen LogP contribution in [-0.4, -0.2) is 10.2 Å². The lowest BCUT2D eigenvalue weighted by atomic mass is 10.1. The third kappa shape index (κ3) is 1.50. The van der Waals surface area contributed by atoms with Crippen molar-refractivity contribution in [2.45, 2.75) is 6.92 Å². The number of anilines is 1. The number of hydrogen-bond donors (Lipinski definition) is 1. The van der Waals surface area contributed by atoms with Gasteiger partial charge in [-0.25, -0.2) is 4.39 Å². The van der Waals surface area contributed by atoms with Crippen molar-refractivity contribution >= 4 is 39.7 Å². The quantitative estimate of drug-likeness (QED) is 0.727. The van der Waals surface area contributed by atoms with Crippen LogP contribution in [0.4, 0.5) is 10.1 Å². The minimum absolute atomic E-state index is 0.0489. The maximum Gasteiger partial charge on any atom is 0.165 e. The molecule has 0 aliphatic heterocycles. The van der Waals surface area contributed by atoms with Crippen LogP contribution in [0.2, 0.25) is 10.2 Å². The summed E-state index contributed by atoms with van der Waals surface area (Å²) >= 11 is 11.5. The molecule has 6 heteroatoms. The fourth-order valence-corrected chi connectivity index (χ4v) is 1.83. The molecule has 1 heterocycles. The summed E-state index contributed by atoms with van der Waals surface area (Å²) in [4.78, 5) is 0. The van der Waals surface area contributed by atoms with E-state index in [0.29, 0.717) is 16.5 Å². The molecular weight excluding hydrogens is 240 g/mol. The standard InChI is InChI=1S/C9H6Cl2FN3/c1-3-4-2-5(10)7(12)8(13)6(4)9(11)15-14-3/h2H,13H2,1H3. The maximum atomic E-state index is 13.4. The molecule has 1 aromatic heterocycles. The first-order valence-electron chi connectivity index (χ1n) is 4.08. The van der Waals surface area contributed by atoms with Gasteiger partial charge in [-0.3, -0.25) is 0 Å². The topological polar surface area (TPSA) is 51.8 Å². The molecule has 0 spiro atoms. The molecule has 0 unspecified atom stereocenters. The van der Waals surface area contributed by atoms with E-state index >= 15 is 0 Å². The zero-order chi connectivity index (χ0) is 11.2. The summed E-state index contributed by atoms with van der Waals surface area (Å²) in [5.41, 5.74) is 6.08. The van der Waals surface area contributed by atoms with E-state index in [9.17, 15) is 4.39 Å². The first kappa shape index (κ1) is 10.4. The van der Waals surface area contributed by atoms with Crippen LogP contribution in [0.5, 0.6) is 0 Å². The fourth-order valence-electron chi connectivity index (χ4n) is 1.38. The number of halogens is 3. The van der Waals surface area contributed by atoms with Crippen molar-refractivity contribution in [2.24, 2.45) is 0 Å². The number of nitrogens with zero attached hydrogens (tertiary/aromatic N) is 2. The van der Waals surface area contributed by atoms with Crippen molar-refractivity contribution < 1.29 is 4.39 Å². The highest BCUT2D eigenvalue weighted by Crippen LogP contribution is 2.34. The van der Waals surface area contributed by atoms with E-state index < -0.39 is 5.82 Å². The highest BCUT2D eigenvalue weighted by Gasteiger charge is 2.14. The Morgan fingerprint density at radius 1 is 1.33 bits per heavy atom. The Morgan fingerprint density at radius 3 is 2.67 bits per heavy atom. The van der Waals surface area contributed by atoms with Gasteiger partial charge in [0.1, 0.15) is 0 Å². The molecule has 2 N–H and O–H groups in total. The second-order valence-corrected chi connectivity index (χ2v) is 3.85. The molecule has 0 bridgehead atoms. The van der Waals surface area contributed by atoms with E-state index in [0.717, 1.165) is 0 Å². The Hall–Kier alpha value is -1.13. The molecule has 2 rings (SSSR count). The second kappa shape index (κ2) is 3.47. The number of aryl methyl sites for hydroxylation is 1. The van der Waals surface area contributed by atoms with Crippen LogP contribution in [0.25, 0.3) is 10.8 Å². The van der Waals surface area contributed by atoms with Gasteiger partial charge in [0.15, 0.2) is 11.0 Å². The van der Waals surface area contributed by atoms with Gasteiger partial charge in [-0.2, -0.15) is 5.10 Å². The van der Waals surface area contributed by atoms with Gasteiger partial charge in [0.2, 0.25) is 0 Å². The van der Waals surface area contributed by atoms with Crippen LogP contribution < -0.4 is 5.73 Å². The number of nitrogens with two attached hydrogens (primary N) is 1. The third-order valence-corrected chi connectivity index (χ3v) is 2.68. The molecule has 1 aromatic carbocycles. The minimum Gasteiger partial charge on any atom is -0.396 e. The number of fused-ring (bicyclic) bond motifs is 1. The van der Waals surface area contributed by atoms with Crippen molar-refractivity contribution in [3.8, 4) is 0 Å². The number of hydrogen-bond acceptors (Lipinski definition) is 3. The van der Waals surface area contributed by atoms with E-state index in [2.05, 4.69) is 10.2 Å². The van der Waals surface area contributed by atoms with Crippen molar-refractivity contribution in [2.75, 3.05) is 5.73 Å². The smallest absolute Gasteiger partial charge is 0.165 e. The van der Waals surface area contributed by atoms with Crippen LogP contribution in [-0.2, 0) is 0 Å². The summed E-state index contributed by atoms with van der Waals surface area (Å²) in [5.74, 6) is -0.682. The van der Waals surface area contributed by atoms with Gasteiger partial charge in [0.25, 0.3) is 0 Å². The largest absolute Gasteiger partial charge is 0.396 e. The number of benzene rings is 1. The summed E-state index contributed by atoms with van der Waals surface area (Å²) < 4.78 is 13.4. The molecule has 0 saturated heterocycles.